The molecule has 0 spiro atoms. The molecule has 1 aromatic heterocycles. The van der Waals surface area contributed by atoms with Crippen molar-refractivity contribution < 1.29 is 13.5 Å². The second-order valence-corrected chi connectivity index (χ2v) is 5.89. The number of hydrogen-bond donors (Lipinski definition) is 2. The second-order valence-electron chi connectivity index (χ2n) is 4.15. The van der Waals surface area contributed by atoms with E-state index >= 15 is 0 Å². The second kappa shape index (κ2) is 7.04. The van der Waals surface area contributed by atoms with Crippen LogP contribution in [0.3, 0.4) is 0 Å². The molecule has 0 bridgehead atoms. The van der Waals surface area contributed by atoms with Gasteiger partial charge in [0.2, 0.25) is 10.0 Å². The normalized spacial score (nSPS) is 10.9. The van der Waals surface area contributed by atoms with Gasteiger partial charge in [0.1, 0.15) is 6.61 Å². The van der Waals surface area contributed by atoms with Crippen LogP contribution >= 0.6 is 0 Å². The Kier molecular flexibility index (Phi) is 5.11. The standard InChI is InChI=1S/C14H15N3O3S/c18-11-3-5-13-4-1-2-6-14(13)21(19,20)16-8-10-17-9-7-15-12-17/h1-2,4,6-7,9,12,16,18H,8,10-11H2. The third-order valence-electron chi connectivity index (χ3n) is 2.70. The summed E-state index contributed by atoms with van der Waals surface area (Å²) in [4.78, 5) is 4.00. The van der Waals surface area contributed by atoms with E-state index in [0.717, 1.165) is 0 Å². The van der Waals surface area contributed by atoms with Gasteiger partial charge in [0.25, 0.3) is 0 Å². The Balaban J connectivity index is 2.12. The van der Waals surface area contributed by atoms with Crippen molar-refractivity contribution in [3.05, 3.63) is 48.5 Å². The highest BCUT2D eigenvalue weighted by molar-refractivity contribution is 7.89. The maximum absolute atomic E-state index is 12.3. The van der Waals surface area contributed by atoms with Crippen LogP contribution in [0.4, 0.5) is 0 Å². The van der Waals surface area contributed by atoms with Crippen LogP contribution in [0.15, 0.2) is 47.9 Å². The Bertz CT molecular complexity index is 743. The third-order valence-corrected chi connectivity index (χ3v) is 4.22. The number of aromatic nitrogens is 2. The van der Waals surface area contributed by atoms with Crippen molar-refractivity contribution in [2.24, 2.45) is 0 Å². The van der Waals surface area contributed by atoms with E-state index < -0.39 is 10.0 Å². The number of aliphatic hydroxyl groups excluding tert-OH is 1. The first-order valence-electron chi connectivity index (χ1n) is 6.27. The van der Waals surface area contributed by atoms with E-state index in [1.54, 1.807) is 41.5 Å². The lowest BCUT2D eigenvalue weighted by Crippen LogP contribution is -2.27. The summed E-state index contributed by atoms with van der Waals surface area (Å²) < 4.78 is 28.9. The topological polar surface area (TPSA) is 84.2 Å². The summed E-state index contributed by atoms with van der Waals surface area (Å²) in [7, 11) is -3.64. The molecule has 21 heavy (non-hydrogen) atoms. The molecule has 0 fully saturated rings. The van der Waals surface area contributed by atoms with Gasteiger partial charge in [-0.25, -0.2) is 18.1 Å². The van der Waals surface area contributed by atoms with Crippen LogP contribution in [0.25, 0.3) is 0 Å². The van der Waals surface area contributed by atoms with E-state index in [9.17, 15) is 8.42 Å². The van der Waals surface area contributed by atoms with E-state index in [-0.39, 0.29) is 18.0 Å². The van der Waals surface area contributed by atoms with Crippen molar-refractivity contribution in [1.29, 1.82) is 0 Å². The lowest BCUT2D eigenvalue weighted by Gasteiger charge is -2.08. The lowest BCUT2D eigenvalue weighted by atomic mass is 10.2. The number of aliphatic hydroxyl groups is 1. The van der Waals surface area contributed by atoms with Crippen LogP contribution in [-0.4, -0.2) is 36.2 Å². The molecule has 2 aromatic rings. The van der Waals surface area contributed by atoms with Crippen LogP contribution in [0.1, 0.15) is 5.56 Å². The molecule has 1 heterocycles. The highest BCUT2D eigenvalue weighted by Gasteiger charge is 2.16. The summed E-state index contributed by atoms with van der Waals surface area (Å²) >= 11 is 0. The summed E-state index contributed by atoms with van der Waals surface area (Å²) in [6, 6.07) is 6.43. The maximum atomic E-state index is 12.3. The van der Waals surface area contributed by atoms with Gasteiger partial charge in [-0.05, 0) is 12.1 Å². The predicted molar refractivity (Wildman–Crippen MR) is 77.8 cm³/mol. The van der Waals surface area contributed by atoms with Crippen molar-refractivity contribution >= 4 is 10.0 Å². The monoisotopic (exact) mass is 305 g/mol. The largest absolute Gasteiger partial charge is 0.384 e. The molecule has 0 amide bonds. The maximum Gasteiger partial charge on any atom is 0.241 e. The molecule has 0 saturated heterocycles. The van der Waals surface area contributed by atoms with Gasteiger partial charge in [-0.2, -0.15) is 0 Å². The number of rotatable bonds is 5. The molecule has 7 heteroatoms. The Morgan fingerprint density at radius 1 is 1.33 bits per heavy atom. The van der Waals surface area contributed by atoms with Crippen LogP contribution in [0.2, 0.25) is 0 Å². The minimum absolute atomic E-state index is 0.108. The Labute approximate surface area is 123 Å². The van der Waals surface area contributed by atoms with Gasteiger partial charge in [-0.15, -0.1) is 0 Å². The Hall–Kier alpha value is -2.14. The Morgan fingerprint density at radius 3 is 2.86 bits per heavy atom. The Morgan fingerprint density at radius 2 is 2.14 bits per heavy atom. The van der Waals surface area contributed by atoms with E-state index in [1.165, 1.54) is 6.07 Å². The van der Waals surface area contributed by atoms with Gasteiger partial charge >= 0.3 is 0 Å². The van der Waals surface area contributed by atoms with Gasteiger partial charge in [0.05, 0.1) is 11.2 Å². The molecule has 6 nitrogen and oxygen atoms in total. The van der Waals surface area contributed by atoms with Crippen LogP contribution in [0.5, 0.6) is 0 Å². The molecule has 1 aromatic carbocycles. The fourth-order valence-electron chi connectivity index (χ4n) is 1.74. The van der Waals surface area contributed by atoms with Crippen molar-refractivity contribution in [2.75, 3.05) is 13.2 Å². The van der Waals surface area contributed by atoms with E-state index in [2.05, 4.69) is 21.5 Å². The molecular weight excluding hydrogens is 290 g/mol. The minimum Gasteiger partial charge on any atom is -0.384 e. The highest BCUT2D eigenvalue weighted by atomic mass is 32.2. The minimum atomic E-state index is -3.64. The summed E-state index contributed by atoms with van der Waals surface area (Å²) in [5, 5.41) is 8.72. The first-order chi connectivity index (χ1) is 10.1. The average Bonchev–Trinajstić information content (AvgIpc) is 2.98. The van der Waals surface area contributed by atoms with Crippen molar-refractivity contribution in [3.8, 4) is 11.8 Å². The molecule has 0 saturated carbocycles. The first kappa shape index (κ1) is 15.3. The van der Waals surface area contributed by atoms with Crippen molar-refractivity contribution in [1.82, 2.24) is 14.3 Å². The molecule has 2 N–H and O–H groups in total. The number of nitrogens with one attached hydrogen (secondary N) is 1. The van der Waals surface area contributed by atoms with Gasteiger partial charge in [0, 0.05) is 31.0 Å². The molecule has 0 aliphatic rings. The van der Waals surface area contributed by atoms with Gasteiger partial charge in [-0.3, -0.25) is 0 Å². The highest BCUT2D eigenvalue weighted by Crippen LogP contribution is 2.13. The third kappa shape index (κ3) is 4.16. The van der Waals surface area contributed by atoms with E-state index in [1.807, 2.05) is 0 Å². The number of sulfonamides is 1. The molecule has 0 unspecified atom stereocenters. The smallest absolute Gasteiger partial charge is 0.241 e. The van der Waals surface area contributed by atoms with Crippen LogP contribution in [-0.2, 0) is 16.6 Å². The van der Waals surface area contributed by atoms with E-state index in [0.29, 0.717) is 12.1 Å². The molecule has 0 aliphatic heterocycles. The lowest BCUT2D eigenvalue weighted by molar-refractivity contribution is 0.350. The number of nitrogens with zero attached hydrogens (tertiary/aromatic N) is 2. The van der Waals surface area contributed by atoms with Crippen LogP contribution < -0.4 is 4.72 Å². The molecular formula is C14H15N3O3S. The van der Waals surface area contributed by atoms with Gasteiger partial charge in [-0.1, -0.05) is 24.0 Å². The summed E-state index contributed by atoms with van der Waals surface area (Å²) in [5.74, 6) is 5.10. The zero-order valence-electron chi connectivity index (χ0n) is 11.2. The fraction of sp³-hybridized carbons (Fsp3) is 0.214. The number of hydrogen-bond acceptors (Lipinski definition) is 4. The quantitative estimate of drug-likeness (QED) is 0.773. The predicted octanol–water partition coefficient (Wildman–Crippen LogP) is 0.205. The van der Waals surface area contributed by atoms with Crippen LogP contribution in [0, 0.1) is 11.8 Å². The van der Waals surface area contributed by atoms with Gasteiger partial charge in [0.15, 0.2) is 0 Å². The van der Waals surface area contributed by atoms with E-state index in [4.69, 9.17) is 5.11 Å². The molecule has 0 aliphatic carbocycles. The number of benzene rings is 1. The zero-order valence-corrected chi connectivity index (χ0v) is 12.0. The molecule has 0 radical (unpaired) electrons. The summed E-state index contributed by atoms with van der Waals surface area (Å²) in [6.07, 6.45) is 5.01. The first-order valence-corrected chi connectivity index (χ1v) is 7.76. The van der Waals surface area contributed by atoms with Crippen molar-refractivity contribution in [3.63, 3.8) is 0 Å². The average molecular weight is 305 g/mol. The zero-order chi connectivity index (χ0) is 15.1. The molecule has 0 atom stereocenters. The molecule has 110 valence electrons. The fourth-order valence-corrected chi connectivity index (χ4v) is 2.93. The number of imidazole rings is 1. The summed E-state index contributed by atoms with van der Waals surface area (Å²) in [6.45, 7) is 0.423. The molecule has 2 rings (SSSR count). The van der Waals surface area contributed by atoms with Gasteiger partial charge < -0.3 is 9.67 Å². The van der Waals surface area contributed by atoms with Crippen molar-refractivity contribution in [2.45, 2.75) is 11.4 Å². The summed E-state index contributed by atoms with van der Waals surface area (Å²) in [5.41, 5.74) is 0.363. The SMILES string of the molecule is O=S(=O)(NCCn1ccnc1)c1ccccc1C#CCO.